The van der Waals surface area contributed by atoms with Gasteiger partial charge in [-0.15, -0.1) is 0 Å². The van der Waals surface area contributed by atoms with Gasteiger partial charge in [0.05, 0.1) is 10.6 Å². The summed E-state index contributed by atoms with van der Waals surface area (Å²) in [6.45, 7) is 2.16. The molecule has 1 aromatic rings. The van der Waals surface area contributed by atoms with Gasteiger partial charge in [-0.3, -0.25) is 16.0 Å². The highest BCUT2D eigenvalue weighted by molar-refractivity contribution is 5.63. The summed E-state index contributed by atoms with van der Waals surface area (Å²) in [5.74, 6) is 6.04. The van der Waals surface area contributed by atoms with Crippen LogP contribution in [-0.2, 0) is 0 Å². The van der Waals surface area contributed by atoms with Crippen LogP contribution in [0.4, 0.5) is 17.1 Å². The van der Waals surface area contributed by atoms with E-state index in [0.29, 0.717) is 17.6 Å². The van der Waals surface area contributed by atoms with Gasteiger partial charge in [-0.25, -0.2) is 0 Å². The minimum Gasteiger partial charge on any atom is -0.382 e. The van der Waals surface area contributed by atoms with Gasteiger partial charge in [0.2, 0.25) is 0 Å². The normalized spacial score (nSPS) is 17.2. The number of nitrogen functional groups attached to an aromatic ring is 1. The Hall–Kier alpha value is -1.82. The Morgan fingerprint density at radius 3 is 2.52 bits per heavy atom. The number of hydrazine groups is 1. The third-order valence-electron chi connectivity index (χ3n) is 4.31. The van der Waals surface area contributed by atoms with E-state index in [2.05, 4.69) is 17.7 Å². The Labute approximate surface area is 125 Å². The average Bonchev–Trinajstić information content (AvgIpc) is 2.53. The van der Waals surface area contributed by atoms with Crippen LogP contribution in [0.2, 0.25) is 0 Å². The van der Waals surface area contributed by atoms with Gasteiger partial charge in [-0.2, -0.15) is 0 Å². The molecule has 21 heavy (non-hydrogen) atoms. The lowest BCUT2D eigenvalue weighted by atomic mass is 9.83. The maximum atomic E-state index is 11.0. The molecular formula is C15H24N4O2. The van der Waals surface area contributed by atoms with E-state index in [9.17, 15) is 10.1 Å². The monoisotopic (exact) mass is 292 g/mol. The molecule has 0 aliphatic heterocycles. The van der Waals surface area contributed by atoms with Crippen molar-refractivity contribution in [1.29, 1.82) is 0 Å². The second-order valence-electron chi connectivity index (χ2n) is 5.73. The van der Waals surface area contributed by atoms with E-state index in [1.807, 2.05) is 6.07 Å². The summed E-state index contributed by atoms with van der Waals surface area (Å²) in [6, 6.07) is 5.19. The molecule has 2 rings (SSSR count). The Morgan fingerprint density at radius 2 is 1.95 bits per heavy atom. The summed E-state index contributed by atoms with van der Waals surface area (Å²) in [5.41, 5.74) is 3.84. The highest BCUT2D eigenvalue weighted by Gasteiger charge is 2.22. The fourth-order valence-electron chi connectivity index (χ4n) is 3.19. The van der Waals surface area contributed by atoms with E-state index in [0.717, 1.165) is 12.1 Å². The van der Waals surface area contributed by atoms with Crippen LogP contribution in [-0.4, -0.2) is 11.0 Å². The van der Waals surface area contributed by atoms with Crippen LogP contribution in [0.1, 0.15) is 45.4 Å². The molecule has 1 fully saturated rings. The number of hydrogen-bond acceptors (Lipinski definition) is 5. The number of nitrogens with two attached hydrogens (primary N) is 1. The van der Waals surface area contributed by atoms with Gasteiger partial charge in [-0.05, 0) is 31.2 Å². The molecule has 0 bridgehead atoms. The summed E-state index contributed by atoms with van der Waals surface area (Å²) in [7, 11) is 0. The molecule has 1 aliphatic rings. The lowest BCUT2D eigenvalue weighted by molar-refractivity contribution is -0.384. The zero-order chi connectivity index (χ0) is 15.2. The average molecular weight is 292 g/mol. The van der Waals surface area contributed by atoms with Crippen LogP contribution in [0.3, 0.4) is 0 Å². The van der Waals surface area contributed by atoms with Gasteiger partial charge < -0.3 is 10.7 Å². The number of rotatable bonds is 6. The maximum absolute atomic E-state index is 11.0. The molecule has 0 spiro atoms. The number of hydrogen-bond donors (Lipinski definition) is 3. The molecule has 0 saturated heterocycles. The molecule has 0 radical (unpaired) electrons. The molecule has 1 aromatic carbocycles. The van der Waals surface area contributed by atoms with E-state index in [1.165, 1.54) is 38.2 Å². The van der Waals surface area contributed by atoms with Gasteiger partial charge in [0, 0.05) is 23.9 Å². The van der Waals surface area contributed by atoms with Crippen molar-refractivity contribution in [1.82, 2.24) is 0 Å². The number of nitrogens with zero attached hydrogens (tertiary/aromatic N) is 1. The lowest BCUT2D eigenvalue weighted by Crippen LogP contribution is -2.30. The first-order chi connectivity index (χ1) is 10.1. The smallest absolute Gasteiger partial charge is 0.273 e. The quantitative estimate of drug-likeness (QED) is 0.423. The van der Waals surface area contributed by atoms with E-state index >= 15 is 0 Å². The number of nitro benzene ring substituents is 1. The highest BCUT2D eigenvalue weighted by atomic mass is 16.6. The molecule has 1 unspecified atom stereocenters. The van der Waals surface area contributed by atoms with Gasteiger partial charge >= 0.3 is 0 Å². The third kappa shape index (κ3) is 4.07. The second-order valence-corrected chi connectivity index (χ2v) is 5.73. The number of nitrogens with one attached hydrogen (secondary N) is 2. The Bertz CT molecular complexity index is 487. The first kappa shape index (κ1) is 15.6. The van der Waals surface area contributed by atoms with E-state index in [4.69, 9.17) is 5.84 Å². The fraction of sp³-hybridized carbons (Fsp3) is 0.600. The first-order valence-electron chi connectivity index (χ1n) is 7.66. The van der Waals surface area contributed by atoms with Crippen molar-refractivity contribution in [3.63, 3.8) is 0 Å². The van der Waals surface area contributed by atoms with Crippen LogP contribution in [0.25, 0.3) is 0 Å². The molecule has 4 N–H and O–H groups in total. The minimum absolute atomic E-state index is 0.0476. The van der Waals surface area contributed by atoms with Gasteiger partial charge in [0.1, 0.15) is 0 Å². The summed E-state index contributed by atoms with van der Waals surface area (Å²) >= 11 is 0. The lowest BCUT2D eigenvalue weighted by Gasteiger charge is -2.31. The zero-order valence-electron chi connectivity index (χ0n) is 12.5. The van der Waals surface area contributed by atoms with Crippen LogP contribution in [0, 0.1) is 16.0 Å². The Kier molecular flexibility index (Phi) is 5.38. The topological polar surface area (TPSA) is 93.2 Å². The van der Waals surface area contributed by atoms with E-state index < -0.39 is 4.92 Å². The maximum Gasteiger partial charge on any atom is 0.273 e. The second kappa shape index (κ2) is 7.26. The highest BCUT2D eigenvalue weighted by Crippen LogP contribution is 2.31. The molecule has 116 valence electrons. The van der Waals surface area contributed by atoms with Crippen molar-refractivity contribution in [2.24, 2.45) is 11.8 Å². The third-order valence-corrected chi connectivity index (χ3v) is 4.31. The van der Waals surface area contributed by atoms with Crippen molar-refractivity contribution in [3.8, 4) is 0 Å². The Balaban J connectivity index is 2.15. The fourth-order valence-corrected chi connectivity index (χ4v) is 3.19. The molecule has 1 aliphatic carbocycles. The SMILES string of the molecule is CCC(Nc1cc(NN)cc([N+](=O)[O-])c1)C1CCCCC1. The van der Waals surface area contributed by atoms with Crippen molar-refractivity contribution < 1.29 is 4.92 Å². The Morgan fingerprint density at radius 1 is 1.29 bits per heavy atom. The van der Waals surface area contributed by atoms with Crippen molar-refractivity contribution >= 4 is 17.1 Å². The summed E-state index contributed by atoms with van der Waals surface area (Å²) < 4.78 is 0. The molecular weight excluding hydrogens is 268 g/mol. The molecule has 0 amide bonds. The zero-order valence-corrected chi connectivity index (χ0v) is 12.5. The first-order valence-corrected chi connectivity index (χ1v) is 7.66. The van der Waals surface area contributed by atoms with Gasteiger partial charge in [0.15, 0.2) is 0 Å². The van der Waals surface area contributed by atoms with Gasteiger partial charge in [-0.1, -0.05) is 26.2 Å². The predicted molar refractivity (Wildman–Crippen MR) is 85.2 cm³/mol. The molecule has 1 saturated carbocycles. The molecule has 0 heterocycles. The summed E-state index contributed by atoms with van der Waals surface area (Å²) in [6.07, 6.45) is 7.38. The number of non-ortho nitro benzene ring substituents is 1. The molecule has 1 atom stereocenters. The molecule has 6 heteroatoms. The van der Waals surface area contributed by atoms with Gasteiger partial charge in [0.25, 0.3) is 5.69 Å². The standard InChI is InChI=1S/C15H24N4O2/c1-2-15(11-6-4-3-5-7-11)17-12-8-13(18-16)10-14(9-12)19(20)21/h8-11,15,17-18H,2-7,16H2,1H3. The van der Waals surface area contributed by atoms with E-state index in [1.54, 1.807) is 6.07 Å². The predicted octanol–water partition coefficient (Wildman–Crippen LogP) is 3.65. The van der Waals surface area contributed by atoms with E-state index in [-0.39, 0.29) is 5.69 Å². The molecule has 6 nitrogen and oxygen atoms in total. The van der Waals surface area contributed by atoms with Crippen molar-refractivity contribution in [3.05, 3.63) is 28.3 Å². The number of nitro groups is 1. The van der Waals surface area contributed by atoms with Crippen molar-refractivity contribution in [2.45, 2.75) is 51.5 Å². The van der Waals surface area contributed by atoms with Crippen molar-refractivity contribution in [2.75, 3.05) is 10.7 Å². The molecule has 0 aromatic heterocycles. The number of anilines is 2. The summed E-state index contributed by atoms with van der Waals surface area (Å²) in [4.78, 5) is 10.6. The largest absolute Gasteiger partial charge is 0.382 e. The van der Waals surface area contributed by atoms with Crippen LogP contribution in [0.15, 0.2) is 18.2 Å². The number of benzene rings is 1. The van der Waals surface area contributed by atoms with Crippen LogP contribution < -0.4 is 16.6 Å². The summed E-state index contributed by atoms with van der Waals surface area (Å²) in [5, 5.41) is 14.5. The van der Waals surface area contributed by atoms with Crippen LogP contribution >= 0.6 is 0 Å². The van der Waals surface area contributed by atoms with Crippen LogP contribution in [0.5, 0.6) is 0 Å². The minimum atomic E-state index is -0.395.